The minimum Gasteiger partial charge on any atom is -0.478 e. The molecule has 5 nitrogen and oxygen atoms in total. The first-order chi connectivity index (χ1) is 10.1. The van der Waals surface area contributed by atoms with Gasteiger partial charge >= 0.3 is 5.97 Å². The Morgan fingerprint density at radius 1 is 1.29 bits per heavy atom. The highest BCUT2D eigenvalue weighted by molar-refractivity contribution is 5.87. The number of hydrogen-bond acceptors (Lipinski definition) is 3. The number of nitrogens with zero attached hydrogens (tertiary/aromatic N) is 3. The quantitative estimate of drug-likeness (QED) is 0.878. The van der Waals surface area contributed by atoms with Crippen molar-refractivity contribution in [2.45, 2.75) is 20.0 Å². The molecule has 0 atom stereocenters. The van der Waals surface area contributed by atoms with E-state index in [9.17, 15) is 4.79 Å². The lowest BCUT2D eigenvalue weighted by molar-refractivity contribution is -0.131. The number of carboxylic acid groups (broad SMARTS) is 1. The van der Waals surface area contributed by atoms with E-state index in [1.165, 1.54) is 11.1 Å². The van der Waals surface area contributed by atoms with Gasteiger partial charge < -0.3 is 10.0 Å². The minimum atomic E-state index is -0.950. The third-order valence-electron chi connectivity index (χ3n) is 3.77. The van der Waals surface area contributed by atoms with Crippen molar-refractivity contribution >= 4 is 17.9 Å². The maximum absolute atomic E-state index is 10.8. The predicted molar refractivity (Wildman–Crippen MR) is 80.9 cm³/mol. The fourth-order valence-electron chi connectivity index (χ4n) is 2.87. The molecule has 1 aliphatic heterocycles. The molecule has 0 spiro atoms. The molecule has 0 saturated carbocycles. The first kappa shape index (κ1) is 13.4. The molecule has 1 aliphatic rings. The first-order valence-electron chi connectivity index (χ1n) is 6.82. The zero-order valence-corrected chi connectivity index (χ0v) is 12.1. The molecular weight excluding hydrogens is 266 g/mol. The van der Waals surface area contributed by atoms with Gasteiger partial charge in [0, 0.05) is 31.8 Å². The molecular formula is C16H17N3O2. The monoisotopic (exact) mass is 283 g/mol. The molecule has 2 heterocycles. The molecule has 5 heteroatoms. The smallest absolute Gasteiger partial charge is 0.328 e. The van der Waals surface area contributed by atoms with E-state index in [0.717, 1.165) is 36.2 Å². The van der Waals surface area contributed by atoms with Crippen LogP contribution >= 0.6 is 0 Å². The topological polar surface area (TPSA) is 58.4 Å². The molecule has 0 aliphatic carbocycles. The summed E-state index contributed by atoms with van der Waals surface area (Å²) in [6.45, 7) is 3.54. The van der Waals surface area contributed by atoms with Crippen LogP contribution in [0, 0.1) is 6.92 Å². The zero-order chi connectivity index (χ0) is 15.0. The number of benzene rings is 1. The number of aryl methyl sites for hydroxylation is 2. The van der Waals surface area contributed by atoms with Crippen LogP contribution in [0.2, 0.25) is 0 Å². The number of carbonyl (C=O) groups is 1. The average Bonchev–Trinajstić information content (AvgIpc) is 2.96. The molecule has 3 rings (SSSR count). The molecule has 0 bridgehead atoms. The lowest BCUT2D eigenvalue weighted by Crippen LogP contribution is -2.18. The molecule has 0 amide bonds. The van der Waals surface area contributed by atoms with Gasteiger partial charge in [0.1, 0.15) is 5.82 Å². The number of carboxylic acids is 1. The van der Waals surface area contributed by atoms with Gasteiger partial charge in [-0.05, 0) is 24.1 Å². The summed E-state index contributed by atoms with van der Waals surface area (Å²) in [4.78, 5) is 13.0. The Kier molecular flexibility index (Phi) is 3.25. The van der Waals surface area contributed by atoms with Crippen molar-refractivity contribution in [3.05, 3.63) is 52.7 Å². The highest BCUT2D eigenvalue weighted by Gasteiger charge is 2.24. The largest absolute Gasteiger partial charge is 0.478 e. The SMILES string of the molecule is Cc1nn(C)c(N2Cc3ccccc3C2)c1C=CC(=O)O. The number of aliphatic carboxylic acids is 1. The van der Waals surface area contributed by atoms with Crippen molar-refractivity contribution in [3.63, 3.8) is 0 Å². The van der Waals surface area contributed by atoms with Crippen molar-refractivity contribution in [2.75, 3.05) is 4.90 Å². The third kappa shape index (κ3) is 2.42. The zero-order valence-electron chi connectivity index (χ0n) is 12.1. The number of aromatic nitrogens is 2. The van der Waals surface area contributed by atoms with Crippen molar-refractivity contribution in [1.29, 1.82) is 0 Å². The van der Waals surface area contributed by atoms with Gasteiger partial charge in [-0.1, -0.05) is 24.3 Å². The second kappa shape index (κ2) is 5.09. The van der Waals surface area contributed by atoms with Crippen molar-refractivity contribution in [1.82, 2.24) is 9.78 Å². The number of hydrogen-bond donors (Lipinski definition) is 1. The molecule has 1 aromatic carbocycles. The molecule has 0 saturated heterocycles. The summed E-state index contributed by atoms with van der Waals surface area (Å²) >= 11 is 0. The summed E-state index contributed by atoms with van der Waals surface area (Å²) in [5.41, 5.74) is 4.32. The summed E-state index contributed by atoms with van der Waals surface area (Å²) in [6, 6.07) is 8.35. The standard InChI is InChI=1S/C16H17N3O2/c1-11-14(7-8-15(20)21)16(18(2)17-11)19-9-12-5-3-4-6-13(12)10-19/h3-8H,9-10H2,1-2H3,(H,20,21). The molecule has 21 heavy (non-hydrogen) atoms. The molecule has 1 N–H and O–H groups in total. The number of anilines is 1. The van der Waals surface area contributed by atoms with E-state index in [4.69, 9.17) is 5.11 Å². The molecule has 108 valence electrons. The van der Waals surface area contributed by atoms with Gasteiger partial charge in [-0.25, -0.2) is 4.79 Å². The highest BCUT2D eigenvalue weighted by Crippen LogP contribution is 2.32. The van der Waals surface area contributed by atoms with E-state index < -0.39 is 5.97 Å². The lowest BCUT2D eigenvalue weighted by Gasteiger charge is -2.19. The summed E-state index contributed by atoms with van der Waals surface area (Å²) in [7, 11) is 1.89. The van der Waals surface area contributed by atoms with E-state index in [2.05, 4.69) is 22.1 Å². The van der Waals surface area contributed by atoms with Crippen LogP contribution in [0.4, 0.5) is 5.82 Å². The van der Waals surface area contributed by atoms with Gasteiger partial charge in [0.05, 0.1) is 5.69 Å². The molecule has 2 aromatic rings. The predicted octanol–water partition coefficient (Wildman–Crippen LogP) is 2.35. The Labute approximate surface area is 123 Å². The fourth-order valence-corrected chi connectivity index (χ4v) is 2.87. The summed E-state index contributed by atoms with van der Waals surface area (Å²) in [6.07, 6.45) is 2.79. The number of rotatable bonds is 3. The number of fused-ring (bicyclic) bond motifs is 1. The van der Waals surface area contributed by atoms with Gasteiger partial charge in [-0.2, -0.15) is 5.10 Å². The van der Waals surface area contributed by atoms with Gasteiger partial charge in [0.15, 0.2) is 0 Å². The molecule has 1 aromatic heterocycles. The van der Waals surface area contributed by atoms with Gasteiger partial charge in [-0.15, -0.1) is 0 Å². The molecule has 0 unspecified atom stereocenters. The maximum Gasteiger partial charge on any atom is 0.328 e. The van der Waals surface area contributed by atoms with Crippen LogP contribution in [-0.4, -0.2) is 20.9 Å². The maximum atomic E-state index is 10.8. The Morgan fingerprint density at radius 3 is 2.48 bits per heavy atom. The van der Waals surface area contributed by atoms with Crippen LogP contribution in [0.5, 0.6) is 0 Å². The first-order valence-corrected chi connectivity index (χ1v) is 6.82. The van der Waals surface area contributed by atoms with Crippen molar-refractivity contribution < 1.29 is 9.90 Å². The summed E-state index contributed by atoms with van der Waals surface area (Å²) in [5.74, 6) is 0.00936. The van der Waals surface area contributed by atoms with E-state index in [1.807, 2.05) is 30.8 Å². The Balaban J connectivity index is 1.99. The highest BCUT2D eigenvalue weighted by atomic mass is 16.4. The normalized spacial score (nSPS) is 13.9. The van der Waals surface area contributed by atoms with Crippen LogP contribution < -0.4 is 4.90 Å². The van der Waals surface area contributed by atoms with Crippen LogP contribution in [-0.2, 0) is 24.9 Å². The second-order valence-electron chi connectivity index (χ2n) is 5.24. The van der Waals surface area contributed by atoms with Crippen molar-refractivity contribution in [3.8, 4) is 0 Å². The second-order valence-corrected chi connectivity index (χ2v) is 5.24. The van der Waals surface area contributed by atoms with Crippen LogP contribution in [0.15, 0.2) is 30.3 Å². The van der Waals surface area contributed by atoms with E-state index >= 15 is 0 Å². The summed E-state index contributed by atoms with van der Waals surface area (Å²) in [5, 5.41) is 13.3. The third-order valence-corrected chi connectivity index (χ3v) is 3.77. The van der Waals surface area contributed by atoms with E-state index in [1.54, 1.807) is 6.08 Å². The van der Waals surface area contributed by atoms with Gasteiger partial charge in [0.2, 0.25) is 0 Å². The van der Waals surface area contributed by atoms with Crippen LogP contribution in [0.25, 0.3) is 6.08 Å². The fraction of sp³-hybridized carbons (Fsp3) is 0.250. The summed E-state index contributed by atoms with van der Waals surface area (Å²) < 4.78 is 1.82. The van der Waals surface area contributed by atoms with Crippen molar-refractivity contribution in [2.24, 2.45) is 7.05 Å². The average molecular weight is 283 g/mol. The minimum absolute atomic E-state index is 0.822. The van der Waals surface area contributed by atoms with Gasteiger partial charge in [-0.3, -0.25) is 4.68 Å². The molecule has 0 fully saturated rings. The Hall–Kier alpha value is -2.56. The van der Waals surface area contributed by atoms with Gasteiger partial charge in [0.25, 0.3) is 0 Å². The Morgan fingerprint density at radius 2 is 1.90 bits per heavy atom. The Bertz CT molecular complexity index is 706. The van der Waals surface area contributed by atoms with E-state index in [-0.39, 0.29) is 0 Å². The van der Waals surface area contributed by atoms with Crippen LogP contribution in [0.3, 0.4) is 0 Å². The molecule has 0 radical (unpaired) electrons. The lowest BCUT2D eigenvalue weighted by atomic mass is 10.1. The van der Waals surface area contributed by atoms with E-state index in [0.29, 0.717) is 0 Å². The van der Waals surface area contributed by atoms with Crippen LogP contribution in [0.1, 0.15) is 22.4 Å².